The molecule has 0 unspecified atom stereocenters. The molecular weight excluding hydrogens is 192 g/mol. The molecule has 1 aromatic carbocycles. The first kappa shape index (κ1) is 8.92. The van der Waals surface area contributed by atoms with Gasteiger partial charge >= 0.3 is 5.97 Å². The Kier molecular flexibility index (Phi) is 1.83. The lowest BCUT2D eigenvalue weighted by Crippen LogP contribution is -2.31. The molecule has 0 aromatic heterocycles. The van der Waals surface area contributed by atoms with E-state index in [4.69, 9.17) is 9.47 Å². The molecule has 0 amide bonds. The summed E-state index contributed by atoms with van der Waals surface area (Å²) in [5, 5.41) is 0. The first-order valence-corrected chi connectivity index (χ1v) is 5.16. The standard InChI is InChI=1S/C12H12O3/c13-11-6-10-7-14-8-12(10,15-11)9-4-2-1-3-5-9/h1-5,10H,6-8H2/t10-,12-/m0/s1. The van der Waals surface area contributed by atoms with Gasteiger partial charge in [-0.3, -0.25) is 4.79 Å². The fraction of sp³-hybridized carbons (Fsp3) is 0.417. The second-order valence-corrected chi connectivity index (χ2v) is 4.15. The van der Waals surface area contributed by atoms with Gasteiger partial charge in [0.1, 0.15) is 0 Å². The predicted octanol–water partition coefficient (Wildman–Crippen LogP) is 1.48. The van der Waals surface area contributed by atoms with Crippen molar-refractivity contribution in [2.75, 3.05) is 13.2 Å². The number of carbonyl (C=O) groups excluding carboxylic acids is 1. The lowest BCUT2D eigenvalue weighted by Gasteiger charge is -2.25. The van der Waals surface area contributed by atoms with Crippen LogP contribution in [0.5, 0.6) is 0 Å². The summed E-state index contributed by atoms with van der Waals surface area (Å²) in [5.74, 6) is 0.0829. The molecule has 2 aliphatic rings. The number of hydrogen-bond acceptors (Lipinski definition) is 3. The molecule has 0 saturated carbocycles. The minimum absolute atomic E-state index is 0.104. The van der Waals surface area contributed by atoms with Crippen LogP contribution in [0.4, 0.5) is 0 Å². The summed E-state index contributed by atoms with van der Waals surface area (Å²) in [6, 6.07) is 9.89. The van der Waals surface area contributed by atoms with Crippen molar-refractivity contribution in [2.45, 2.75) is 12.0 Å². The van der Waals surface area contributed by atoms with Crippen LogP contribution >= 0.6 is 0 Å². The third kappa shape index (κ3) is 1.20. The Morgan fingerprint density at radius 2 is 2.07 bits per heavy atom. The molecule has 3 nitrogen and oxygen atoms in total. The van der Waals surface area contributed by atoms with Gasteiger partial charge in [0, 0.05) is 5.92 Å². The van der Waals surface area contributed by atoms with Gasteiger partial charge in [0.05, 0.1) is 19.6 Å². The van der Waals surface area contributed by atoms with E-state index in [-0.39, 0.29) is 11.9 Å². The second kappa shape index (κ2) is 3.07. The van der Waals surface area contributed by atoms with Crippen LogP contribution in [0.25, 0.3) is 0 Å². The van der Waals surface area contributed by atoms with E-state index in [0.29, 0.717) is 19.6 Å². The van der Waals surface area contributed by atoms with Crippen LogP contribution in [0.1, 0.15) is 12.0 Å². The number of carbonyl (C=O) groups is 1. The Morgan fingerprint density at radius 3 is 2.87 bits per heavy atom. The number of rotatable bonds is 1. The van der Waals surface area contributed by atoms with Crippen molar-refractivity contribution in [1.82, 2.24) is 0 Å². The summed E-state index contributed by atoms with van der Waals surface area (Å²) in [6.45, 7) is 1.12. The van der Waals surface area contributed by atoms with E-state index in [1.807, 2.05) is 30.3 Å². The Morgan fingerprint density at radius 1 is 1.27 bits per heavy atom. The minimum Gasteiger partial charge on any atom is -0.451 e. The third-order valence-electron chi connectivity index (χ3n) is 3.27. The van der Waals surface area contributed by atoms with Crippen molar-refractivity contribution in [2.24, 2.45) is 5.92 Å². The summed E-state index contributed by atoms with van der Waals surface area (Å²) in [7, 11) is 0. The monoisotopic (exact) mass is 204 g/mol. The normalized spacial score (nSPS) is 33.9. The van der Waals surface area contributed by atoms with Crippen LogP contribution in [0.3, 0.4) is 0 Å². The summed E-state index contributed by atoms with van der Waals surface area (Å²) in [4.78, 5) is 11.4. The average molecular weight is 204 g/mol. The molecule has 2 saturated heterocycles. The highest BCUT2D eigenvalue weighted by Crippen LogP contribution is 2.45. The summed E-state index contributed by atoms with van der Waals surface area (Å²) in [6.07, 6.45) is 0.481. The molecule has 3 rings (SSSR count). The molecule has 78 valence electrons. The van der Waals surface area contributed by atoms with Gasteiger partial charge in [0.15, 0.2) is 5.60 Å². The first-order chi connectivity index (χ1) is 7.31. The molecular formula is C12H12O3. The second-order valence-electron chi connectivity index (χ2n) is 4.15. The predicted molar refractivity (Wildman–Crippen MR) is 53.1 cm³/mol. The van der Waals surface area contributed by atoms with Crippen molar-refractivity contribution in [3.05, 3.63) is 35.9 Å². The largest absolute Gasteiger partial charge is 0.451 e. The van der Waals surface area contributed by atoms with E-state index in [0.717, 1.165) is 5.56 Å². The van der Waals surface area contributed by atoms with Gasteiger partial charge in [-0.1, -0.05) is 30.3 Å². The van der Waals surface area contributed by atoms with Gasteiger partial charge in [-0.15, -0.1) is 0 Å². The maximum atomic E-state index is 11.4. The van der Waals surface area contributed by atoms with E-state index in [1.54, 1.807) is 0 Å². The van der Waals surface area contributed by atoms with E-state index in [2.05, 4.69) is 0 Å². The average Bonchev–Trinajstić information content (AvgIpc) is 2.75. The molecule has 2 heterocycles. The topological polar surface area (TPSA) is 35.5 Å². The lowest BCUT2D eigenvalue weighted by atomic mass is 9.84. The third-order valence-corrected chi connectivity index (χ3v) is 3.27. The van der Waals surface area contributed by atoms with Crippen LogP contribution in [-0.4, -0.2) is 19.2 Å². The molecule has 0 bridgehead atoms. The quantitative estimate of drug-likeness (QED) is 0.650. The van der Waals surface area contributed by atoms with E-state index in [9.17, 15) is 4.79 Å². The smallest absolute Gasteiger partial charge is 0.307 e. The highest BCUT2D eigenvalue weighted by Gasteiger charge is 2.54. The van der Waals surface area contributed by atoms with E-state index < -0.39 is 5.60 Å². The van der Waals surface area contributed by atoms with Crippen LogP contribution in [-0.2, 0) is 19.9 Å². The molecule has 2 atom stereocenters. The van der Waals surface area contributed by atoms with Crippen LogP contribution < -0.4 is 0 Å². The van der Waals surface area contributed by atoms with Gasteiger partial charge in [0.2, 0.25) is 0 Å². The highest BCUT2D eigenvalue weighted by atomic mass is 16.6. The zero-order valence-electron chi connectivity index (χ0n) is 8.31. The number of benzene rings is 1. The molecule has 2 aliphatic heterocycles. The maximum Gasteiger partial charge on any atom is 0.307 e. The Hall–Kier alpha value is -1.35. The first-order valence-electron chi connectivity index (χ1n) is 5.16. The molecule has 1 aromatic rings. The van der Waals surface area contributed by atoms with Gasteiger partial charge in [0.25, 0.3) is 0 Å². The summed E-state index contributed by atoms with van der Waals surface area (Å²) >= 11 is 0. The summed E-state index contributed by atoms with van der Waals surface area (Å²) < 4.78 is 10.9. The molecule has 0 N–H and O–H groups in total. The summed E-state index contributed by atoms with van der Waals surface area (Å²) in [5.41, 5.74) is 0.552. The molecule has 0 aliphatic carbocycles. The Labute approximate surface area is 88.0 Å². The van der Waals surface area contributed by atoms with Crippen LogP contribution in [0, 0.1) is 5.92 Å². The SMILES string of the molecule is O=C1C[C@H]2COC[C@@]2(c2ccccc2)O1. The highest BCUT2D eigenvalue weighted by molar-refractivity contribution is 5.73. The number of ether oxygens (including phenoxy) is 2. The molecule has 15 heavy (non-hydrogen) atoms. The van der Waals surface area contributed by atoms with Gasteiger partial charge in [-0.05, 0) is 5.56 Å². The number of esters is 1. The van der Waals surface area contributed by atoms with Crippen molar-refractivity contribution in [3.63, 3.8) is 0 Å². The lowest BCUT2D eigenvalue weighted by molar-refractivity contribution is -0.151. The number of hydrogen-bond donors (Lipinski definition) is 0. The van der Waals surface area contributed by atoms with E-state index in [1.165, 1.54) is 0 Å². The van der Waals surface area contributed by atoms with Crippen molar-refractivity contribution < 1.29 is 14.3 Å². The number of fused-ring (bicyclic) bond motifs is 1. The zero-order chi connectivity index (χ0) is 10.3. The fourth-order valence-corrected chi connectivity index (χ4v) is 2.49. The van der Waals surface area contributed by atoms with Gasteiger partial charge in [-0.2, -0.15) is 0 Å². The van der Waals surface area contributed by atoms with E-state index >= 15 is 0 Å². The maximum absolute atomic E-state index is 11.4. The minimum atomic E-state index is -0.502. The van der Waals surface area contributed by atoms with Crippen LogP contribution in [0.15, 0.2) is 30.3 Å². The van der Waals surface area contributed by atoms with Crippen molar-refractivity contribution in [3.8, 4) is 0 Å². The fourth-order valence-electron chi connectivity index (χ4n) is 2.49. The van der Waals surface area contributed by atoms with Crippen molar-refractivity contribution >= 4 is 5.97 Å². The molecule has 2 fully saturated rings. The van der Waals surface area contributed by atoms with Gasteiger partial charge in [-0.25, -0.2) is 0 Å². The Balaban J connectivity index is 2.05. The van der Waals surface area contributed by atoms with Crippen molar-refractivity contribution in [1.29, 1.82) is 0 Å². The Bertz CT molecular complexity index is 387. The molecule has 0 radical (unpaired) electrons. The molecule has 0 spiro atoms. The molecule has 3 heteroatoms. The van der Waals surface area contributed by atoms with Crippen LogP contribution in [0.2, 0.25) is 0 Å². The zero-order valence-corrected chi connectivity index (χ0v) is 8.31. The van der Waals surface area contributed by atoms with Gasteiger partial charge < -0.3 is 9.47 Å².